The van der Waals surface area contributed by atoms with Crippen molar-refractivity contribution in [2.75, 3.05) is 11.4 Å². The van der Waals surface area contributed by atoms with Crippen molar-refractivity contribution in [3.8, 4) is 0 Å². The second kappa shape index (κ2) is 6.91. The number of hydrogen-bond acceptors (Lipinski definition) is 2. The molecule has 1 atom stereocenters. The number of aliphatic hydroxyl groups excluding tert-OH is 1. The molecule has 1 unspecified atom stereocenters. The Labute approximate surface area is 129 Å². The summed E-state index contributed by atoms with van der Waals surface area (Å²) in [5, 5.41) is 9.64. The molecule has 2 aromatic rings. The second-order valence-corrected chi connectivity index (χ2v) is 5.74. The number of rotatable bonds is 5. The number of halogens is 1. The molecule has 0 saturated carbocycles. The molecule has 0 aliphatic heterocycles. The van der Waals surface area contributed by atoms with Crippen LogP contribution >= 0.6 is 15.9 Å². The lowest BCUT2D eigenvalue weighted by Crippen LogP contribution is -2.22. The zero-order valence-electron chi connectivity index (χ0n) is 11.9. The molecule has 0 aliphatic rings. The van der Waals surface area contributed by atoms with Crippen molar-refractivity contribution in [1.29, 1.82) is 0 Å². The van der Waals surface area contributed by atoms with Crippen LogP contribution in [0.2, 0.25) is 0 Å². The molecule has 0 fully saturated rings. The Morgan fingerprint density at radius 1 is 1.15 bits per heavy atom. The standard InChI is InChI=1S/C17H20BrNO/c1-3-19(12-14-7-5-4-6-8-14)17-10-9-15(13(2)20)11-16(17)18/h4-11,13,20H,3,12H2,1-2H3. The average Bonchev–Trinajstić information content (AvgIpc) is 2.46. The molecule has 3 heteroatoms. The molecule has 20 heavy (non-hydrogen) atoms. The zero-order valence-corrected chi connectivity index (χ0v) is 13.5. The van der Waals surface area contributed by atoms with E-state index in [9.17, 15) is 5.11 Å². The highest BCUT2D eigenvalue weighted by molar-refractivity contribution is 9.10. The molecule has 2 nitrogen and oxygen atoms in total. The number of aliphatic hydroxyl groups is 1. The van der Waals surface area contributed by atoms with Gasteiger partial charge < -0.3 is 10.0 Å². The lowest BCUT2D eigenvalue weighted by molar-refractivity contribution is 0.199. The van der Waals surface area contributed by atoms with E-state index in [2.05, 4.69) is 58.1 Å². The highest BCUT2D eigenvalue weighted by Gasteiger charge is 2.11. The van der Waals surface area contributed by atoms with Crippen LogP contribution in [0.1, 0.15) is 31.1 Å². The van der Waals surface area contributed by atoms with Crippen molar-refractivity contribution < 1.29 is 5.11 Å². The summed E-state index contributed by atoms with van der Waals surface area (Å²) in [6.07, 6.45) is -0.440. The van der Waals surface area contributed by atoms with Crippen molar-refractivity contribution in [2.24, 2.45) is 0 Å². The first-order valence-corrected chi connectivity index (χ1v) is 7.67. The van der Waals surface area contributed by atoms with Crippen molar-refractivity contribution in [3.63, 3.8) is 0 Å². The second-order valence-electron chi connectivity index (χ2n) is 4.89. The van der Waals surface area contributed by atoms with Crippen LogP contribution in [-0.4, -0.2) is 11.7 Å². The van der Waals surface area contributed by atoms with Crippen molar-refractivity contribution in [1.82, 2.24) is 0 Å². The summed E-state index contributed by atoms with van der Waals surface area (Å²) in [7, 11) is 0. The Hall–Kier alpha value is -1.32. The van der Waals surface area contributed by atoms with Gasteiger partial charge in [0.05, 0.1) is 11.8 Å². The molecule has 0 aliphatic carbocycles. The van der Waals surface area contributed by atoms with Gasteiger partial charge in [-0.3, -0.25) is 0 Å². The topological polar surface area (TPSA) is 23.5 Å². The predicted molar refractivity (Wildman–Crippen MR) is 87.9 cm³/mol. The fraction of sp³-hybridized carbons (Fsp3) is 0.294. The molecule has 0 radical (unpaired) electrons. The molecule has 0 bridgehead atoms. The number of hydrogen-bond donors (Lipinski definition) is 1. The zero-order chi connectivity index (χ0) is 14.5. The molecule has 0 spiro atoms. The third-order valence-corrected chi connectivity index (χ3v) is 4.03. The largest absolute Gasteiger partial charge is 0.389 e. The van der Waals surface area contributed by atoms with E-state index in [1.54, 1.807) is 6.92 Å². The van der Waals surface area contributed by atoms with E-state index in [1.165, 1.54) is 5.56 Å². The highest BCUT2D eigenvalue weighted by Crippen LogP contribution is 2.30. The van der Waals surface area contributed by atoms with Gasteiger partial charge in [0, 0.05) is 17.6 Å². The first-order chi connectivity index (χ1) is 9.61. The maximum absolute atomic E-state index is 9.64. The van der Waals surface area contributed by atoms with Crippen molar-refractivity contribution in [3.05, 3.63) is 64.1 Å². The summed E-state index contributed by atoms with van der Waals surface area (Å²) >= 11 is 3.62. The molecule has 1 N–H and O–H groups in total. The Kier molecular flexibility index (Phi) is 5.21. The van der Waals surface area contributed by atoms with Gasteiger partial charge in [-0.2, -0.15) is 0 Å². The van der Waals surface area contributed by atoms with Crippen LogP contribution in [0.15, 0.2) is 53.0 Å². The third-order valence-electron chi connectivity index (χ3n) is 3.39. The van der Waals surface area contributed by atoms with E-state index in [0.717, 1.165) is 28.8 Å². The third kappa shape index (κ3) is 3.62. The first kappa shape index (κ1) is 15.1. The van der Waals surface area contributed by atoms with Crippen LogP contribution in [0.5, 0.6) is 0 Å². The molecule has 2 aromatic carbocycles. The fourth-order valence-electron chi connectivity index (χ4n) is 2.21. The van der Waals surface area contributed by atoms with Crippen LogP contribution in [0.4, 0.5) is 5.69 Å². The molecule has 106 valence electrons. The fourth-order valence-corrected chi connectivity index (χ4v) is 2.86. The Bertz CT molecular complexity index is 554. The van der Waals surface area contributed by atoms with E-state index >= 15 is 0 Å². The monoisotopic (exact) mass is 333 g/mol. The van der Waals surface area contributed by atoms with Crippen LogP contribution in [0, 0.1) is 0 Å². The molecule has 0 aromatic heterocycles. The van der Waals surface area contributed by atoms with Gasteiger partial charge in [-0.1, -0.05) is 36.4 Å². The smallest absolute Gasteiger partial charge is 0.0762 e. The van der Waals surface area contributed by atoms with Gasteiger partial charge in [0.2, 0.25) is 0 Å². The van der Waals surface area contributed by atoms with Crippen molar-refractivity contribution in [2.45, 2.75) is 26.5 Å². The van der Waals surface area contributed by atoms with Crippen molar-refractivity contribution >= 4 is 21.6 Å². The number of benzene rings is 2. The lowest BCUT2D eigenvalue weighted by Gasteiger charge is -2.25. The highest BCUT2D eigenvalue weighted by atomic mass is 79.9. The van der Waals surface area contributed by atoms with Gasteiger partial charge >= 0.3 is 0 Å². The average molecular weight is 334 g/mol. The summed E-state index contributed by atoms with van der Waals surface area (Å²) in [5.74, 6) is 0. The maximum Gasteiger partial charge on any atom is 0.0762 e. The quantitative estimate of drug-likeness (QED) is 0.868. The Balaban J connectivity index is 2.23. The summed E-state index contributed by atoms with van der Waals surface area (Å²) in [5.41, 5.74) is 3.37. The van der Waals surface area contributed by atoms with Crippen LogP contribution in [0.3, 0.4) is 0 Å². The molecule has 2 rings (SSSR count). The summed E-state index contributed by atoms with van der Waals surface area (Å²) in [6, 6.07) is 16.5. The van der Waals surface area contributed by atoms with Crippen LogP contribution < -0.4 is 4.90 Å². The first-order valence-electron chi connectivity index (χ1n) is 6.88. The summed E-state index contributed by atoms with van der Waals surface area (Å²) in [4.78, 5) is 2.31. The van der Waals surface area contributed by atoms with E-state index in [1.807, 2.05) is 18.2 Å². The van der Waals surface area contributed by atoms with Crippen LogP contribution in [0.25, 0.3) is 0 Å². The van der Waals surface area contributed by atoms with Gasteiger partial charge in [0.15, 0.2) is 0 Å². The van der Waals surface area contributed by atoms with E-state index in [-0.39, 0.29) is 0 Å². The van der Waals surface area contributed by atoms with Gasteiger partial charge in [-0.05, 0) is 53.0 Å². The maximum atomic E-state index is 9.64. The lowest BCUT2D eigenvalue weighted by atomic mass is 10.1. The SMILES string of the molecule is CCN(Cc1ccccc1)c1ccc(C(C)O)cc1Br. The molecular formula is C17H20BrNO. The summed E-state index contributed by atoms with van der Waals surface area (Å²) < 4.78 is 1.02. The van der Waals surface area contributed by atoms with Gasteiger partial charge in [-0.15, -0.1) is 0 Å². The van der Waals surface area contributed by atoms with Gasteiger partial charge in [-0.25, -0.2) is 0 Å². The minimum absolute atomic E-state index is 0.440. The minimum atomic E-state index is -0.440. The predicted octanol–water partition coefficient (Wildman–Crippen LogP) is 4.53. The van der Waals surface area contributed by atoms with E-state index in [4.69, 9.17) is 0 Å². The molecule has 0 heterocycles. The Morgan fingerprint density at radius 3 is 2.40 bits per heavy atom. The van der Waals surface area contributed by atoms with E-state index in [0.29, 0.717) is 0 Å². The van der Waals surface area contributed by atoms with E-state index < -0.39 is 6.10 Å². The molecular weight excluding hydrogens is 314 g/mol. The number of nitrogens with zero attached hydrogens (tertiary/aromatic N) is 1. The van der Waals surface area contributed by atoms with Gasteiger partial charge in [0.1, 0.15) is 0 Å². The summed E-state index contributed by atoms with van der Waals surface area (Å²) in [6.45, 7) is 5.74. The molecule has 0 saturated heterocycles. The Morgan fingerprint density at radius 2 is 1.85 bits per heavy atom. The minimum Gasteiger partial charge on any atom is -0.389 e. The van der Waals surface area contributed by atoms with Gasteiger partial charge in [0.25, 0.3) is 0 Å². The molecule has 0 amide bonds. The van der Waals surface area contributed by atoms with Crippen LogP contribution in [-0.2, 0) is 6.54 Å². The number of anilines is 1. The normalized spacial score (nSPS) is 12.2.